The fourth-order valence-corrected chi connectivity index (χ4v) is 3.54. The molecule has 1 aromatic carbocycles. The summed E-state index contributed by atoms with van der Waals surface area (Å²) in [6, 6.07) is 9.50. The Morgan fingerprint density at radius 3 is 2.89 bits per heavy atom. The summed E-state index contributed by atoms with van der Waals surface area (Å²) in [6.07, 6.45) is 7.08. The monoisotopic (exact) mass is 366 g/mol. The predicted molar refractivity (Wildman–Crippen MR) is 98.6 cm³/mol. The topological polar surface area (TPSA) is 89.1 Å². The molecule has 1 atom stereocenters. The van der Waals surface area contributed by atoms with E-state index in [4.69, 9.17) is 5.11 Å². The van der Waals surface area contributed by atoms with Crippen LogP contribution in [-0.4, -0.2) is 60.2 Å². The van der Waals surface area contributed by atoms with Crippen LogP contribution in [0.5, 0.6) is 0 Å². The van der Waals surface area contributed by atoms with Gasteiger partial charge in [0.25, 0.3) is 5.91 Å². The van der Waals surface area contributed by atoms with E-state index in [1.165, 1.54) is 0 Å². The van der Waals surface area contributed by atoms with Crippen molar-refractivity contribution >= 4 is 5.91 Å². The van der Waals surface area contributed by atoms with Crippen molar-refractivity contribution in [2.24, 2.45) is 0 Å². The largest absolute Gasteiger partial charge is 0.394 e. The lowest BCUT2D eigenvalue weighted by Crippen LogP contribution is -2.39. The number of benzene rings is 1. The van der Waals surface area contributed by atoms with E-state index in [9.17, 15) is 4.79 Å². The minimum Gasteiger partial charge on any atom is -0.394 e. The number of aliphatic hydroxyl groups excluding tert-OH is 1. The van der Waals surface area contributed by atoms with Crippen molar-refractivity contribution in [3.8, 4) is 5.69 Å². The summed E-state index contributed by atoms with van der Waals surface area (Å²) < 4.78 is 3.53. The van der Waals surface area contributed by atoms with Gasteiger partial charge in [-0.15, -0.1) is 10.2 Å². The summed E-state index contributed by atoms with van der Waals surface area (Å²) in [5, 5.41) is 21.2. The van der Waals surface area contributed by atoms with Gasteiger partial charge in [-0.2, -0.15) is 5.10 Å². The van der Waals surface area contributed by atoms with Crippen molar-refractivity contribution in [2.45, 2.75) is 25.3 Å². The molecule has 1 saturated heterocycles. The van der Waals surface area contributed by atoms with Gasteiger partial charge in [0.2, 0.25) is 0 Å². The molecule has 3 aromatic rings. The van der Waals surface area contributed by atoms with Crippen molar-refractivity contribution in [1.29, 1.82) is 0 Å². The van der Waals surface area contributed by atoms with Gasteiger partial charge in [0.1, 0.15) is 12.7 Å². The Kier molecular flexibility index (Phi) is 4.97. The second-order valence-electron chi connectivity index (χ2n) is 6.74. The van der Waals surface area contributed by atoms with Gasteiger partial charge < -0.3 is 10.0 Å². The van der Waals surface area contributed by atoms with Gasteiger partial charge in [-0.1, -0.05) is 6.07 Å². The zero-order valence-corrected chi connectivity index (χ0v) is 15.0. The van der Waals surface area contributed by atoms with Crippen LogP contribution in [0.1, 0.15) is 34.8 Å². The number of hydrogen-bond acceptors (Lipinski definition) is 5. The average Bonchev–Trinajstić information content (AvgIpc) is 3.40. The number of piperidine rings is 1. The Labute approximate surface area is 157 Å². The molecule has 4 rings (SSSR count). The van der Waals surface area contributed by atoms with E-state index in [1.807, 2.05) is 41.4 Å². The van der Waals surface area contributed by atoms with Crippen molar-refractivity contribution in [1.82, 2.24) is 29.4 Å². The number of amides is 1. The summed E-state index contributed by atoms with van der Waals surface area (Å²) in [6.45, 7) is 1.97. The van der Waals surface area contributed by atoms with E-state index in [0.717, 1.165) is 30.8 Å². The van der Waals surface area contributed by atoms with E-state index < -0.39 is 0 Å². The number of rotatable bonds is 5. The standard InChI is InChI=1S/C19H22N6O2/c26-10-9-25-8-6-18(22-25)16-4-2-7-23(12-16)19(27)15-3-1-5-17(11-15)24-13-20-21-14-24/h1,3,5-6,8,11,13-14,16,26H,2,4,7,9-10,12H2/t16-/m1/s1. The highest BCUT2D eigenvalue weighted by atomic mass is 16.3. The van der Waals surface area contributed by atoms with Crippen LogP contribution in [0.15, 0.2) is 49.2 Å². The second kappa shape index (κ2) is 7.71. The van der Waals surface area contributed by atoms with Crippen molar-refractivity contribution in [2.75, 3.05) is 19.7 Å². The van der Waals surface area contributed by atoms with Gasteiger partial charge in [-0.05, 0) is 37.1 Å². The van der Waals surface area contributed by atoms with Crippen LogP contribution in [0.3, 0.4) is 0 Å². The first-order valence-corrected chi connectivity index (χ1v) is 9.13. The maximum Gasteiger partial charge on any atom is 0.253 e. The fourth-order valence-electron chi connectivity index (χ4n) is 3.54. The van der Waals surface area contributed by atoms with Crippen LogP contribution in [0.4, 0.5) is 0 Å². The van der Waals surface area contributed by atoms with E-state index in [2.05, 4.69) is 15.3 Å². The highest BCUT2D eigenvalue weighted by Crippen LogP contribution is 2.27. The molecule has 3 heterocycles. The highest BCUT2D eigenvalue weighted by Gasteiger charge is 2.27. The molecule has 1 aliphatic rings. The first kappa shape index (κ1) is 17.4. The fraction of sp³-hybridized carbons (Fsp3) is 0.368. The Morgan fingerprint density at radius 2 is 2.07 bits per heavy atom. The number of nitrogens with zero attached hydrogens (tertiary/aromatic N) is 6. The Bertz CT molecular complexity index is 905. The lowest BCUT2D eigenvalue weighted by molar-refractivity contribution is 0.0705. The lowest BCUT2D eigenvalue weighted by Gasteiger charge is -2.32. The van der Waals surface area contributed by atoms with Crippen LogP contribution < -0.4 is 0 Å². The summed E-state index contributed by atoms with van der Waals surface area (Å²) in [5.41, 5.74) is 2.51. The third-order valence-electron chi connectivity index (χ3n) is 4.93. The van der Waals surface area contributed by atoms with Crippen LogP contribution in [0.25, 0.3) is 5.69 Å². The van der Waals surface area contributed by atoms with E-state index in [-0.39, 0.29) is 18.4 Å². The van der Waals surface area contributed by atoms with Crippen molar-refractivity contribution in [3.63, 3.8) is 0 Å². The molecule has 0 unspecified atom stereocenters. The van der Waals surface area contributed by atoms with E-state index >= 15 is 0 Å². The minimum absolute atomic E-state index is 0.0319. The molecule has 0 aliphatic carbocycles. The number of carbonyl (C=O) groups is 1. The summed E-state index contributed by atoms with van der Waals surface area (Å²) in [7, 11) is 0. The maximum absolute atomic E-state index is 13.0. The molecule has 2 aromatic heterocycles. The minimum atomic E-state index is 0.0319. The van der Waals surface area contributed by atoms with Crippen LogP contribution in [-0.2, 0) is 6.54 Å². The number of likely N-dealkylation sites (tertiary alicyclic amines) is 1. The summed E-state index contributed by atoms with van der Waals surface area (Å²) >= 11 is 0. The van der Waals surface area contributed by atoms with Crippen LogP contribution in [0, 0.1) is 0 Å². The number of aliphatic hydroxyl groups is 1. The molecular formula is C19H22N6O2. The van der Waals surface area contributed by atoms with Gasteiger partial charge in [-0.25, -0.2) is 0 Å². The predicted octanol–water partition coefficient (Wildman–Crippen LogP) is 1.48. The number of carbonyl (C=O) groups excluding carboxylic acids is 1. The quantitative estimate of drug-likeness (QED) is 0.739. The maximum atomic E-state index is 13.0. The first-order valence-electron chi connectivity index (χ1n) is 9.13. The summed E-state index contributed by atoms with van der Waals surface area (Å²) in [5.74, 6) is 0.257. The summed E-state index contributed by atoms with van der Waals surface area (Å²) in [4.78, 5) is 14.9. The van der Waals surface area contributed by atoms with E-state index in [1.54, 1.807) is 21.9 Å². The molecule has 0 radical (unpaired) electrons. The van der Waals surface area contributed by atoms with Crippen molar-refractivity contribution in [3.05, 3.63) is 60.4 Å². The molecule has 1 aliphatic heterocycles. The van der Waals surface area contributed by atoms with Gasteiger partial charge in [0, 0.05) is 36.5 Å². The number of aromatic nitrogens is 5. The van der Waals surface area contributed by atoms with Gasteiger partial charge in [0.15, 0.2) is 0 Å². The van der Waals surface area contributed by atoms with Crippen LogP contribution in [0.2, 0.25) is 0 Å². The number of hydrogen-bond donors (Lipinski definition) is 1. The highest BCUT2D eigenvalue weighted by molar-refractivity contribution is 5.94. The van der Waals surface area contributed by atoms with Gasteiger partial charge in [-0.3, -0.25) is 14.0 Å². The second-order valence-corrected chi connectivity index (χ2v) is 6.74. The molecule has 1 amide bonds. The molecule has 140 valence electrons. The Hall–Kier alpha value is -3.00. The van der Waals surface area contributed by atoms with Gasteiger partial charge >= 0.3 is 0 Å². The third-order valence-corrected chi connectivity index (χ3v) is 4.93. The Balaban J connectivity index is 1.49. The van der Waals surface area contributed by atoms with E-state index in [0.29, 0.717) is 18.7 Å². The zero-order valence-electron chi connectivity index (χ0n) is 15.0. The normalized spacial score (nSPS) is 17.2. The van der Waals surface area contributed by atoms with Crippen molar-refractivity contribution < 1.29 is 9.90 Å². The lowest BCUT2D eigenvalue weighted by atomic mass is 9.94. The molecule has 8 nitrogen and oxygen atoms in total. The zero-order chi connectivity index (χ0) is 18.6. The molecular weight excluding hydrogens is 344 g/mol. The van der Waals surface area contributed by atoms with Gasteiger partial charge in [0.05, 0.1) is 18.8 Å². The molecule has 1 fully saturated rings. The first-order chi connectivity index (χ1) is 13.2. The average molecular weight is 366 g/mol. The molecule has 0 spiro atoms. The third kappa shape index (κ3) is 3.75. The molecule has 0 saturated carbocycles. The van der Waals surface area contributed by atoms with Crippen LogP contribution >= 0.6 is 0 Å². The molecule has 8 heteroatoms. The molecule has 0 bridgehead atoms. The Morgan fingerprint density at radius 1 is 1.22 bits per heavy atom. The smallest absolute Gasteiger partial charge is 0.253 e. The SMILES string of the molecule is O=C(c1cccc(-n2cnnc2)c1)N1CCC[C@@H](c2ccn(CCO)n2)C1. The molecule has 1 N–H and O–H groups in total. The molecule has 27 heavy (non-hydrogen) atoms.